The summed E-state index contributed by atoms with van der Waals surface area (Å²) in [5.41, 5.74) is 1.29. The second-order valence-corrected chi connectivity index (χ2v) is 5.81. The summed E-state index contributed by atoms with van der Waals surface area (Å²) in [6.45, 7) is 1.08. The molecule has 0 radical (unpaired) electrons. The molecule has 0 unspecified atom stereocenters. The highest BCUT2D eigenvalue weighted by Crippen LogP contribution is 2.17. The van der Waals surface area contributed by atoms with E-state index in [2.05, 4.69) is 10.2 Å². The summed E-state index contributed by atoms with van der Waals surface area (Å²) >= 11 is 0. The lowest BCUT2D eigenvalue weighted by atomic mass is 10.2. The van der Waals surface area contributed by atoms with Crippen molar-refractivity contribution in [3.63, 3.8) is 0 Å². The van der Waals surface area contributed by atoms with E-state index in [1.165, 1.54) is 4.90 Å². The molecule has 1 amide bonds. The van der Waals surface area contributed by atoms with Crippen LogP contribution in [0.1, 0.15) is 17.4 Å². The van der Waals surface area contributed by atoms with E-state index < -0.39 is 24.5 Å². The zero-order valence-corrected chi connectivity index (χ0v) is 15.3. The zero-order valence-electron chi connectivity index (χ0n) is 15.3. The van der Waals surface area contributed by atoms with Gasteiger partial charge in [0.1, 0.15) is 6.54 Å². The summed E-state index contributed by atoms with van der Waals surface area (Å²) in [6.07, 6.45) is 0. The molecule has 3 rings (SSSR count). The van der Waals surface area contributed by atoms with E-state index in [0.29, 0.717) is 16.6 Å². The lowest BCUT2D eigenvalue weighted by molar-refractivity contribution is -0.142. The van der Waals surface area contributed by atoms with Crippen LogP contribution < -0.4 is 4.90 Å². The van der Waals surface area contributed by atoms with E-state index in [-0.39, 0.29) is 18.8 Å². The van der Waals surface area contributed by atoms with Gasteiger partial charge in [-0.25, -0.2) is 4.79 Å². The van der Waals surface area contributed by atoms with Gasteiger partial charge < -0.3 is 9.47 Å². The molecule has 1 aromatic heterocycles. The minimum Gasteiger partial charge on any atom is -0.465 e. The van der Waals surface area contributed by atoms with Gasteiger partial charge >= 0.3 is 11.9 Å². The number of aromatic nitrogens is 2. The summed E-state index contributed by atoms with van der Waals surface area (Å²) in [7, 11) is 0. The van der Waals surface area contributed by atoms with Crippen molar-refractivity contribution in [3.8, 4) is 0 Å². The molecule has 0 aliphatic heterocycles. The number of ether oxygens (including phenoxy) is 2. The molecule has 8 heteroatoms. The van der Waals surface area contributed by atoms with Crippen LogP contribution in [0.4, 0.5) is 5.69 Å². The maximum Gasteiger partial charge on any atom is 0.359 e. The van der Waals surface area contributed by atoms with Crippen molar-refractivity contribution in [2.45, 2.75) is 6.92 Å². The van der Waals surface area contributed by atoms with Crippen molar-refractivity contribution >= 4 is 34.4 Å². The lowest BCUT2D eigenvalue weighted by Crippen LogP contribution is -2.39. The van der Waals surface area contributed by atoms with Crippen molar-refractivity contribution in [2.75, 3.05) is 24.7 Å². The van der Waals surface area contributed by atoms with E-state index in [9.17, 15) is 14.4 Å². The van der Waals surface area contributed by atoms with Crippen LogP contribution in [0.2, 0.25) is 0 Å². The van der Waals surface area contributed by atoms with Gasteiger partial charge in [-0.05, 0) is 25.1 Å². The quantitative estimate of drug-likeness (QED) is 0.630. The molecule has 0 aliphatic rings. The number of nitrogens with zero attached hydrogens (tertiary/aromatic N) is 2. The second-order valence-electron chi connectivity index (χ2n) is 5.81. The Hall–Kier alpha value is -3.68. The molecule has 0 atom stereocenters. The van der Waals surface area contributed by atoms with Gasteiger partial charge in [0, 0.05) is 11.1 Å². The third kappa shape index (κ3) is 4.35. The smallest absolute Gasteiger partial charge is 0.359 e. The van der Waals surface area contributed by atoms with Gasteiger partial charge in [0.2, 0.25) is 0 Å². The fourth-order valence-corrected chi connectivity index (χ4v) is 2.66. The maximum absolute atomic E-state index is 12.6. The van der Waals surface area contributed by atoms with Crippen molar-refractivity contribution in [3.05, 3.63) is 60.3 Å². The van der Waals surface area contributed by atoms with Crippen LogP contribution in [0.25, 0.3) is 10.9 Å². The van der Waals surface area contributed by atoms with Crippen LogP contribution in [-0.2, 0) is 19.1 Å². The minimum atomic E-state index is -0.727. The Labute approximate surface area is 161 Å². The third-order valence-corrected chi connectivity index (χ3v) is 3.95. The number of esters is 2. The normalized spacial score (nSPS) is 10.5. The number of nitrogens with one attached hydrogen (secondary N) is 1. The van der Waals surface area contributed by atoms with Gasteiger partial charge in [-0.1, -0.05) is 36.4 Å². The molecule has 8 nitrogen and oxygen atoms in total. The monoisotopic (exact) mass is 381 g/mol. The molecule has 0 fully saturated rings. The SMILES string of the molecule is CCOC(=O)CN(C(=O)COC(=O)c1n[nH]c2ccccc12)c1ccccc1. The van der Waals surface area contributed by atoms with Crippen molar-refractivity contribution < 1.29 is 23.9 Å². The molecule has 28 heavy (non-hydrogen) atoms. The number of fused-ring (bicyclic) bond motifs is 1. The van der Waals surface area contributed by atoms with Crippen molar-refractivity contribution in [1.82, 2.24) is 10.2 Å². The minimum absolute atomic E-state index is 0.0973. The number of hydrogen-bond acceptors (Lipinski definition) is 6. The number of anilines is 1. The van der Waals surface area contributed by atoms with Crippen LogP contribution in [0, 0.1) is 0 Å². The van der Waals surface area contributed by atoms with E-state index in [4.69, 9.17) is 9.47 Å². The van der Waals surface area contributed by atoms with Gasteiger partial charge in [-0.15, -0.1) is 0 Å². The highest BCUT2D eigenvalue weighted by Gasteiger charge is 2.23. The number of H-pyrrole nitrogens is 1. The number of hydrogen-bond donors (Lipinski definition) is 1. The Kier molecular flexibility index (Phi) is 6.01. The first-order valence-corrected chi connectivity index (χ1v) is 8.71. The molecular formula is C20H19N3O5. The fraction of sp³-hybridized carbons (Fsp3) is 0.200. The van der Waals surface area contributed by atoms with E-state index >= 15 is 0 Å². The molecule has 0 saturated heterocycles. The summed E-state index contributed by atoms with van der Waals surface area (Å²) < 4.78 is 10.1. The molecular weight excluding hydrogens is 362 g/mol. The van der Waals surface area contributed by atoms with E-state index in [0.717, 1.165) is 0 Å². The van der Waals surface area contributed by atoms with Crippen molar-refractivity contribution in [2.24, 2.45) is 0 Å². The van der Waals surface area contributed by atoms with E-state index in [1.807, 2.05) is 6.07 Å². The number of aromatic amines is 1. The molecule has 0 saturated carbocycles. The Morgan fingerprint density at radius 3 is 2.46 bits per heavy atom. The van der Waals surface area contributed by atoms with Crippen molar-refractivity contribution in [1.29, 1.82) is 0 Å². The number of carbonyl (C=O) groups is 3. The molecule has 0 spiro atoms. The fourth-order valence-electron chi connectivity index (χ4n) is 2.66. The van der Waals surface area contributed by atoms with Gasteiger partial charge in [-0.3, -0.25) is 19.6 Å². The Bertz CT molecular complexity index is 984. The molecule has 3 aromatic rings. The van der Waals surface area contributed by atoms with Crippen LogP contribution in [-0.4, -0.2) is 47.8 Å². The molecule has 1 N–H and O–H groups in total. The maximum atomic E-state index is 12.6. The average Bonchev–Trinajstić information content (AvgIpc) is 3.15. The average molecular weight is 381 g/mol. The molecule has 144 valence electrons. The van der Waals surface area contributed by atoms with Gasteiger partial charge in [0.25, 0.3) is 5.91 Å². The Morgan fingerprint density at radius 1 is 1.00 bits per heavy atom. The van der Waals surface area contributed by atoms with Gasteiger partial charge in [-0.2, -0.15) is 5.10 Å². The first-order chi connectivity index (χ1) is 13.6. The molecule has 2 aromatic carbocycles. The number of rotatable bonds is 7. The topological polar surface area (TPSA) is 102 Å². The Morgan fingerprint density at radius 2 is 1.71 bits per heavy atom. The molecule has 0 aliphatic carbocycles. The largest absolute Gasteiger partial charge is 0.465 e. The first kappa shape index (κ1) is 19.1. The van der Waals surface area contributed by atoms with Gasteiger partial charge in [0.15, 0.2) is 12.3 Å². The molecule has 1 heterocycles. The van der Waals surface area contributed by atoms with Crippen LogP contribution >= 0.6 is 0 Å². The summed E-state index contributed by atoms with van der Waals surface area (Å²) in [5, 5.41) is 7.29. The lowest BCUT2D eigenvalue weighted by Gasteiger charge is -2.21. The highest BCUT2D eigenvalue weighted by atomic mass is 16.5. The number of para-hydroxylation sites is 2. The highest BCUT2D eigenvalue weighted by molar-refractivity contribution is 6.04. The third-order valence-electron chi connectivity index (χ3n) is 3.95. The molecule has 0 bridgehead atoms. The predicted molar refractivity (Wildman–Crippen MR) is 102 cm³/mol. The number of benzene rings is 2. The summed E-state index contributed by atoms with van der Waals surface area (Å²) in [5.74, 6) is -1.83. The van der Waals surface area contributed by atoms with Gasteiger partial charge in [0.05, 0.1) is 12.1 Å². The summed E-state index contributed by atoms with van der Waals surface area (Å²) in [4.78, 5) is 38.1. The standard InChI is InChI=1S/C20H19N3O5/c1-2-27-18(25)12-23(14-8-4-3-5-9-14)17(24)13-28-20(26)19-15-10-6-7-11-16(15)21-22-19/h3-11H,2,12-13H2,1H3,(H,21,22). The van der Waals surface area contributed by atoms with Crippen LogP contribution in [0.3, 0.4) is 0 Å². The first-order valence-electron chi connectivity index (χ1n) is 8.71. The summed E-state index contributed by atoms with van der Waals surface area (Å²) in [6, 6.07) is 15.7. The second kappa shape index (κ2) is 8.81. The van der Waals surface area contributed by atoms with E-state index in [1.54, 1.807) is 55.5 Å². The number of carbonyl (C=O) groups excluding carboxylic acids is 3. The van der Waals surface area contributed by atoms with Crippen LogP contribution in [0.5, 0.6) is 0 Å². The number of amides is 1. The van der Waals surface area contributed by atoms with Crippen LogP contribution in [0.15, 0.2) is 54.6 Å². The Balaban J connectivity index is 1.71. The predicted octanol–water partition coefficient (Wildman–Crippen LogP) is 2.32. The zero-order chi connectivity index (χ0) is 19.9.